The molecule has 0 saturated carbocycles. The fourth-order valence-corrected chi connectivity index (χ4v) is 0.706. The molecule has 1 aromatic carbocycles. The van der Waals surface area contributed by atoms with Crippen molar-refractivity contribution < 1.29 is 27.1 Å². The van der Waals surface area contributed by atoms with E-state index in [0.717, 1.165) is 12.1 Å². The third-order valence-electron chi connectivity index (χ3n) is 1.30. The first-order valence-electron chi connectivity index (χ1n) is 3.45. The van der Waals surface area contributed by atoms with E-state index in [0.29, 0.717) is 0 Å². The Labute approximate surface area is 76.1 Å². The maximum Gasteiger partial charge on any atom is 0.494 e. The molecule has 0 bridgehead atoms. The smallest absolute Gasteiger partial charge is 0.421 e. The highest BCUT2D eigenvalue weighted by molar-refractivity contribution is 5.74. The third-order valence-corrected chi connectivity index (χ3v) is 1.30. The van der Waals surface area contributed by atoms with Crippen LogP contribution in [0.25, 0.3) is 0 Å². The van der Waals surface area contributed by atoms with Crippen LogP contribution in [0.3, 0.4) is 0 Å². The number of hydrogen-bond acceptors (Lipinski definition) is 2. The quantitative estimate of drug-likeness (QED) is 0.562. The lowest BCUT2D eigenvalue weighted by atomic mass is 10.3. The van der Waals surface area contributed by atoms with Crippen LogP contribution < -0.4 is 4.74 Å². The van der Waals surface area contributed by atoms with Crippen molar-refractivity contribution >= 4 is 6.04 Å². The summed E-state index contributed by atoms with van der Waals surface area (Å²) in [5.74, 6) is -1.99. The van der Waals surface area contributed by atoms with E-state index in [-0.39, 0.29) is 0 Å². The summed E-state index contributed by atoms with van der Waals surface area (Å²) in [5.41, 5.74) is 0. The van der Waals surface area contributed by atoms with Gasteiger partial charge in [-0.2, -0.15) is 13.2 Å². The highest BCUT2D eigenvalue weighted by atomic mass is 19.3. The van der Waals surface area contributed by atoms with Crippen LogP contribution in [0.1, 0.15) is 0 Å². The van der Waals surface area contributed by atoms with Gasteiger partial charge in [0, 0.05) is 0 Å². The zero-order valence-corrected chi connectivity index (χ0v) is 6.64. The second-order valence-corrected chi connectivity index (χ2v) is 2.32. The fourth-order valence-electron chi connectivity index (χ4n) is 0.706. The lowest BCUT2D eigenvalue weighted by Gasteiger charge is -2.12. The number of para-hydroxylation sites is 1. The minimum Gasteiger partial charge on any atom is -0.421 e. The van der Waals surface area contributed by atoms with E-state index >= 15 is 0 Å². The molecule has 0 aliphatic carbocycles. The molecule has 6 heteroatoms. The second-order valence-electron chi connectivity index (χ2n) is 2.32. The van der Waals surface area contributed by atoms with Gasteiger partial charge in [0.15, 0.2) is 11.6 Å². The Balaban J connectivity index is 2.89. The molecule has 0 aliphatic heterocycles. The normalized spacial score (nSPS) is 11.1. The Morgan fingerprint density at radius 1 is 1.29 bits per heavy atom. The zero-order chi connectivity index (χ0) is 10.8. The van der Waals surface area contributed by atoms with Crippen molar-refractivity contribution in [2.45, 2.75) is 6.11 Å². The summed E-state index contributed by atoms with van der Waals surface area (Å²) in [7, 11) is 0. The molecule has 76 valence electrons. The molecular formula is C8H4F4O2. The molecular weight excluding hydrogens is 204 g/mol. The highest BCUT2D eigenvalue weighted by Gasteiger charge is 2.43. The predicted octanol–water partition coefficient (Wildman–Crippen LogP) is 2.29. The molecule has 0 aliphatic rings. The number of hydrogen-bond donors (Lipinski definition) is 0. The molecule has 0 radical (unpaired) electrons. The maximum atomic E-state index is 12.7. The molecule has 14 heavy (non-hydrogen) atoms. The molecule has 0 N–H and O–H groups in total. The Morgan fingerprint density at radius 2 is 1.86 bits per heavy atom. The van der Waals surface area contributed by atoms with E-state index in [1.54, 1.807) is 0 Å². The van der Waals surface area contributed by atoms with Crippen LogP contribution >= 0.6 is 0 Å². The lowest BCUT2D eigenvalue weighted by Crippen LogP contribution is -2.32. The average molecular weight is 208 g/mol. The first-order chi connectivity index (χ1) is 6.43. The molecule has 0 spiro atoms. The molecule has 1 rings (SSSR count). The summed E-state index contributed by atoms with van der Waals surface area (Å²) in [6, 6.07) is 1.16. The van der Waals surface area contributed by atoms with Gasteiger partial charge in [0.05, 0.1) is 0 Å². The Morgan fingerprint density at radius 3 is 2.36 bits per heavy atom. The highest BCUT2D eigenvalue weighted by Crippen LogP contribution is 2.24. The van der Waals surface area contributed by atoms with Gasteiger partial charge in [-0.25, -0.2) is 9.18 Å². The molecule has 0 fully saturated rings. The number of halogens is 4. The minimum atomic E-state index is -4.65. The Kier molecular flexibility index (Phi) is 2.73. The Bertz CT molecular complexity index is 351. The van der Waals surface area contributed by atoms with Gasteiger partial charge >= 0.3 is 12.1 Å². The van der Waals surface area contributed by atoms with E-state index in [4.69, 9.17) is 0 Å². The molecule has 1 aromatic rings. The van der Waals surface area contributed by atoms with Gasteiger partial charge in [0.2, 0.25) is 0 Å². The van der Waals surface area contributed by atoms with Crippen LogP contribution in [0.15, 0.2) is 24.3 Å². The largest absolute Gasteiger partial charge is 0.494 e. The first-order valence-corrected chi connectivity index (χ1v) is 3.45. The number of benzene rings is 1. The summed E-state index contributed by atoms with van der Waals surface area (Å²) >= 11 is 0. The standard InChI is InChI=1S/C8H4F4O2/c9-5-3-1-2-4-6(5)14-8(11,12)7(10)13/h1-4H. The first kappa shape index (κ1) is 10.5. The molecule has 0 amide bonds. The molecule has 0 heterocycles. The van der Waals surface area contributed by atoms with Crippen molar-refractivity contribution in [1.29, 1.82) is 0 Å². The summed E-state index contributed by atoms with van der Waals surface area (Å²) in [4.78, 5) is 9.72. The SMILES string of the molecule is O=C(F)C(F)(F)Oc1ccccc1F. The van der Waals surface area contributed by atoms with Crippen LogP contribution in [0.5, 0.6) is 5.75 Å². The van der Waals surface area contributed by atoms with Gasteiger partial charge in [-0.15, -0.1) is 0 Å². The van der Waals surface area contributed by atoms with E-state index in [9.17, 15) is 22.4 Å². The third kappa shape index (κ3) is 2.21. The van der Waals surface area contributed by atoms with E-state index < -0.39 is 23.7 Å². The van der Waals surface area contributed by atoms with Crippen molar-refractivity contribution in [1.82, 2.24) is 0 Å². The molecule has 0 atom stereocenters. The molecule has 0 saturated heterocycles. The maximum absolute atomic E-state index is 12.7. The van der Waals surface area contributed by atoms with Crippen molar-refractivity contribution in [3.05, 3.63) is 30.1 Å². The zero-order valence-electron chi connectivity index (χ0n) is 6.64. The van der Waals surface area contributed by atoms with Gasteiger partial charge < -0.3 is 4.74 Å². The second kappa shape index (κ2) is 3.65. The summed E-state index contributed by atoms with van der Waals surface area (Å²) in [5, 5.41) is 0. The van der Waals surface area contributed by atoms with Crippen LogP contribution in [-0.2, 0) is 4.79 Å². The van der Waals surface area contributed by atoms with Gasteiger partial charge in [0.25, 0.3) is 0 Å². The number of alkyl halides is 2. The van der Waals surface area contributed by atoms with Crippen LogP contribution in [0.2, 0.25) is 0 Å². The predicted molar refractivity (Wildman–Crippen MR) is 38.1 cm³/mol. The van der Waals surface area contributed by atoms with E-state index in [2.05, 4.69) is 4.74 Å². The molecule has 0 unspecified atom stereocenters. The summed E-state index contributed by atoms with van der Waals surface area (Å²) < 4.78 is 52.5. The fraction of sp³-hybridized carbons (Fsp3) is 0.125. The van der Waals surface area contributed by atoms with E-state index in [1.165, 1.54) is 12.1 Å². The van der Waals surface area contributed by atoms with E-state index in [1.807, 2.05) is 0 Å². The average Bonchev–Trinajstić information content (AvgIpc) is 2.08. The summed E-state index contributed by atoms with van der Waals surface area (Å²) in [6.07, 6.45) is -4.65. The van der Waals surface area contributed by atoms with Crippen molar-refractivity contribution in [3.8, 4) is 5.75 Å². The number of carbonyl (C=O) groups is 1. The van der Waals surface area contributed by atoms with Gasteiger partial charge in [-0.3, -0.25) is 0 Å². The topological polar surface area (TPSA) is 26.3 Å². The minimum absolute atomic E-state index is 0.841. The van der Waals surface area contributed by atoms with Gasteiger partial charge in [-0.05, 0) is 12.1 Å². The molecule has 0 aromatic heterocycles. The Hall–Kier alpha value is -1.59. The van der Waals surface area contributed by atoms with Crippen LogP contribution in [0.4, 0.5) is 17.6 Å². The van der Waals surface area contributed by atoms with Gasteiger partial charge in [0.1, 0.15) is 0 Å². The number of carbonyl (C=O) groups excluding carboxylic acids is 1. The summed E-state index contributed by atoms with van der Waals surface area (Å²) in [6.45, 7) is 0. The molecule has 2 nitrogen and oxygen atoms in total. The lowest BCUT2D eigenvalue weighted by molar-refractivity contribution is -0.203. The monoisotopic (exact) mass is 208 g/mol. The number of ether oxygens (including phenoxy) is 1. The van der Waals surface area contributed by atoms with Crippen LogP contribution in [0, 0.1) is 5.82 Å². The van der Waals surface area contributed by atoms with Crippen LogP contribution in [-0.4, -0.2) is 12.1 Å². The van der Waals surface area contributed by atoms with Crippen molar-refractivity contribution in [2.75, 3.05) is 0 Å². The number of rotatable bonds is 3. The van der Waals surface area contributed by atoms with Gasteiger partial charge in [-0.1, -0.05) is 12.1 Å². The van der Waals surface area contributed by atoms with Crippen molar-refractivity contribution in [2.24, 2.45) is 0 Å². The van der Waals surface area contributed by atoms with Crippen molar-refractivity contribution in [3.63, 3.8) is 0 Å².